The van der Waals surface area contributed by atoms with Crippen LogP contribution in [-0.2, 0) is 42.9 Å². The highest BCUT2D eigenvalue weighted by molar-refractivity contribution is 5.73. The number of aliphatic hydroxyl groups is 1. The Bertz CT molecular complexity index is 757. The SMILES string of the molecule is CCCCCCCCCCCCCC(=O)OCC(COC(=O)COCC(=O)OCCO)OC(=O)CCCCCCCCCCCCC. The van der Waals surface area contributed by atoms with Crippen LogP contribution >= 0.6 is 0 Å². The molecule has 0 amide bonds. The number of ether oxygens (including phenoxy) is 5. The monoisotopic (exact) mass is 672 g/mol. The van der Waals surface area contributed by atoms with E-state index < -0.39 is 37.2 Å². The van der Waals surface area contributed by atoms with E-state index in [-0.39, 0.29) is 45.2 Å². The number of esters is 4. The molecule has 0 fully saturated rings. The zero-order valence-corrected chi connectivity index (χ0v) is 29.9. The Morgan fingerprint density at radius 3 is 1.26 bits per heavy atom. The summed E-state index contributed by atoms with van der Waals surface area (Å²) < 4.78 is 25.7. The van der Waals surface area contributed by atoms with Crippen molar-refractivity contribution in [2.45, 2.75) is 174 Å². The first-order valence-electron chi connectivity index (χ1n) is 18.8. The molecule has 0 aromatic carbocycles. The predicted molar refractivity (Wildman–Crippen MR) is 183 cm³/mol. The Morgan fingerprint density at radius 2 is 0.830 bits per heavy atom. The van der Waals surface area contributed by atoms with Crippen LogP contribution in [0, 0.1) is 0 Å². The van der Waals surface area contributed by atoms with E-state index in [1.165, 1.54) is 96.3 Å². The summed E-state index contributed by atoms with van der Waals surface area (Å²) in [6.45, 7) is 2.51. The minimum Gasteiger partial charge on any atom is -0.462 e. The van der Waals surface area contributed by atoms with Gasteiger partial charge in [-0.15, -0.1) is 0 Å². The van der Waals surface area contributed by atoms with Crippen LogP contribution in [0.2, 0.25) is 0 Å². The van der Waals surface area contributed by atoms with E-state index in [0.29, 0.717) is 6.42 Å². The first-order chi connectivity index (χ1) is 22.9. The molecular formula is C37H68O10. The Balaban J connectivity index is 4.37. The van der Waals surface area contributed by atoms with E-state index in [9.17, 15) is 19.2 Å². The summed E-state index contributed by atoms with van der Waals surface area (Å²) in [5.41, 5.74) is 0. The average Bonchev–Trinajstić information content (AvgIpc) is 3.06. The van der Waals surface area contributed by atoms with Crippen LogP contribution in [0.25, 0.3) is 0 Å². The summed E-state index contributed by atoms with van der Waals surface area (Å²) in [7, 11) is 0. The Hall–Kier alpha value is -2.20. The third-order valence-corrected chi connectivity index (χ3v) is 7.92. The highest BCUT2D eigenvalue weighted by atomic mass is 16.6. The number of hydrogen-bond acceptors (Lipinski definition) is 10. The first kappa shape index (κ1) is 44.8. The third-order valence-electron chi connectivity index (χ3n) is 7.92. The zero-order chi connectivity index (χ0) is 34.6. The third kappa shape index (κ3) is 33.5. The molecule has 0 heterocycles. The van der Waals surface area contributed by atoms with Gasteiger partial charge >= 0.3 is 23.9 Å². The number of rotatable bonds is 35. The molecule has 0 aliphatic carbocycles. The molecule has 0 saturated carbocycles. The molecule has 0 aliphatic rings. The Kier molecular flexibility index (Phi) is 33.5. The van der Waals surface area contributed by atoms with E-state index in [1.54, 1.807) is 0 Å². The van der Waals surface area contributed by atoms with Crippen molar-refractivity contribution < 1.29 is 48.0 Å². The number of hydrogen-bond donors (Lipinski definition) is 1. The highest BCUT2D eigenvalue weighted by Gasteiger charge is 2.20. The maximum absolute atomic E-state index is 12.5. The van der Waals surface area contributed by atoms with Crippen molar-refractivity contribution in [3.05, 3.63) is 0 Å². The minimum absolute atomic E-state index is 0.156. The highest BCUT2D eigenvalue weighted by Crippen LogP contribution is 2.14. The lowest BCUT2D eigenvalue weighted by molar-refractivity contribution is -0.169. The molecule has 0 aromatic heterocycles. The smallest absolute Gasteiger partial charge is 0.332 e. The molecule has 0 rings (SSSR count). The van der Waals surface area contributed by atoms with Crippen LogP contribution in [0.5, 0.6) is 0 Å². The lowest BCUT2D eigenvalue weighted by Gasteiger charge is -2.18. The van der Waals surface area contributed by atoms with Crippen LogP contribution in [0.3, 0.4) is 0 Å². The van der Waals surface area contributed by atoms with E-state index >= 15 is 0 Å². The zero-order valence-electron chi connectivity index (χ0n) is 29.9. The van der Waals surface area contributed by atoms with E-state index in [2.05, 4.69) is 18.6 Å². The van der Waals surface area contributed by atoms with Crippen molar-refractivity contribution in [3.63, 3.8) is 0 Å². The second-order valence-electron chi connectivity index (χ2n) is 12.5. The standard InChI is InChI=1S/C37H68O10/c1-3-5-7-9-11-13-15-17-19-21-23-25-34(39)45-29-33(30-46-37(42)32-43-31-36(41)44-28-27-38)47-35(40)26-24-22-20-18-16-14-12-10-8-6-4-2/h33,38H,3-32H2,1-2H3. The number of carbonyl (C=O) groups excluding carboxylic acids is 4. The van der Waals surface area contributed by atoms with Crippen molar-refractivity contribution in [2.75, 3.05) is 39.6 Å². The molecule has 276 valence electrons. The van der Waals surface area contributed by atoms with Crippen molar-refractivity contribution in [1.29, 1.82) is 0 Å². The van der Waals surface area contributed by atoms with Gasteiger partial charge in [-0.05, 0) is 12.8 Å². The number of unbranched alkanes of at least 4 members (excludes halogenated alkanes) is 20. The molecule has 0 saturated heterocycles. The fourth-order valence-corrected chi connectivity index (χ4v) is 5.13. The largest absolute Gasteiger partial charge is 0.462 e. The fraction of sp³-hybridized carbons (Fsp3) is 0.892. The van der Waals surface area contributed by atoms with Gasteiger partial charge < -0.3 is 28.8 Å². The van der Waals surface area contributed by atoms with Crippen LogP contribution in [0.4, 0.5) is 0 Å². The number of aliphatic hydroxyl groups excluding tert-OH is 1. The molecule has 1 unspecified atom stereocenters. The van der Waals surface area contributed by atoms with E-state index in [1.807, 2.05) is 0 Å². The van der Waals surface area contributed by atoms with Gasteiger partial charge in [0.05, 0.1) is 6.61 Å². The summed E-state index contributed by atoms with van der Waals surface area (Å²) in [6.07, 6.45) is 25.6. The molecular weight excluding hydrogens is 604 g/mol. The normalized spacial score (nSPS) is 11.6. The van der Waals surface area contributed by atoms with Gasteiger partial charge in [-0.25, -0.2) is 9.59 Å². The molecule has 1 atom stereocenters. The lowest BCUT2D eigenvalue weighted by atomic mass is 10.1. The fourth-order valence-electron chi connectivity index (χ4n) is 5.13. The molecule has 0 aromatic rings. The van der Waals surface area contributed by atoms with Crippen molar-refractivity contribution >= 4 is 23.9 Å². The average molecular weight is 673 g/mol. The minimum atomic E-state index is -0.935. The molecule has 10 nitrogen and oxygen atoms in total. The molecule has 47 heavy (non-hydrogen) atoms. The van der Waals surface area contributed by atoms with Gasteiger partial charge in [0, 0.05) is 12.8 Å². The summed E-state index contributed by atoms with van der Waals surface area (Å²) in [5.74, 6) is -2.28. The van der Waals surface area contributed by atoms with Gasteiger partial charge in [0.1, 0.15) is 33.0 Å². The lowest BCUT2D eigenvalue weighted by Crippen LogP contribution is -2.31. The van der Waals surface area contributed by atoms with Gasteiger partial charge in [0.25, 0.3) is 0 Å². The number of carbonyl (C=O) groups is 4. The molecule has 0 radical (unpaired) electrons. The van der Waals surface area contributed by atoms with E-state index in [0.717, 1.165) is 38.5 Å². The summed E-state index contributed by atoms with van der Waals surface area (Å²) >= 11 is 0. The maximum atomic E-state index is 12.5. The summed E-state index contributed by atoms with van der Waals surface area (Å²) in [4.78, 5) is 48.4. The molecule has 0 bridgehead atoms. The molecule has 10 heteroatoms. The maximum Gasteiger partial charge on any atom is 0.332 e. The van der Waals surface area contributed by atoms with Crippen molar-refractivity contribution in [1.82, 2.24) is 0 Å². The Morgan fingerprint density at radius 1 is 0.468 bits per heavy atom. The van der Waals surface area contributed by atoms with Gasteiger partial charge in [-0.1, -0.05) is 142 Å². The molecule has 1 N–H and O–H groups in total. The second kappa shape index (κ2) is 35.1. The quantitative estimate of drug-likeness (QED) is 0.0402. The molecule has 0 aliphatic heterocycles. The van der Waals surface area contributed by atoms with Crippen LogP contribution in [0.15, 0.2) is 0 Å². The van der Waals surface area contributed by atoms with Crippen molar-refractivity contribution in [3.8, 4) is 0 Å². The topological polar surface area (TPSA) is 135 Å². The second-order valence-corrected chi connectivity index (χ2v) is 12.5. The summed E-state index contributed by atoms with van der Waals surface area (Å²) in [5, 5.41) is 8.68. The first-order valence-corrected chi connectivity index (χ1v) is 18.8. The van der Waals surface area contributed by atoms with E-state index in [4.69, 9.17) is 24.1 Å². The van der Waals surface area contributed by atoms with Gasteiger partial charge in [0.2, 0.25) is 0 Å². The van der Waals surface area contributed by atoms with Gasteiger partial charge in [0.15, 0.2) is 6.10 Å². The summed E-state index contributed by atoms with van der Waals surface area (Å²) in [6, 6.07) is 0. The Labute approximate surface area is 285 Å². The van der Waals surface area contributed by atoms with Gasteiger partial charge in [-0.2, -0.15) is 0 Å². The van der Waals surface area contributed by atoms with Crippen molar-refractivity contribution in [2.24, 2.45) is 0 Å². The molecule has 0 spiro atoms. The van der Waals surface area contributed by atoms with Crippen LogP contribution < -0.4 is 0 Å². The van der Waals surface area contributed by atoms with Crippen LogP contribution in [-0.4, -0.2) is 74.7 Å². The van der Waals surface area contributed by atoms with Crippen LogP contribution in [0.1, 0.15) is 168 Å². The predicted octanol–water partition coefficient (Wildman–Crippen LogP) is 7.94. The van der Waals surface area contributed by atoms with Gasteiger partial charge in [-0.3, -0.25) is 9.59 Å².